The monoisotopic (exact) mass is 337 g/mol. The van der Waals surface area contributed by atoms with E-state index in [1.54, 1.807) is 0 Å². The number of thiophene rings is 1. The minimum atomic E-state index is -0.453. The zero-order valence-electron chi connectivity index (χ0n) is 14.8. The van der Waals surface area contributed by atoms with Gasteiger partial charge in [-0.05, 0) is 59.1 Å². The van der Waals surface area contributed by atoms with Gasteiger partial charge in [-0.3, -0.25) is 0 Å². The van der Waals surface area contributed by atoms with Crippen molar-refractivity contribution in [3.05, 3.63) is 21.4 Å². The fourth-order valence-corrected chi connectivity index (χ4v) is 4.95. The van der Waals surface area contributed by atoms with Crippen molar-refractivity contribution in [1.29, 1.82) is 0 Å². The summed E-state index contributed by atoms with van der Waals surface area (Å²) < 4.78 is 11.8. The molecule has 1 aromatic rings. The molecule has 1 saturated heterocycles. The number of rotatable bonds is 0. The van der Waals surface area contributed by atoms with Gasteiger partial charge in [-0.2, -0.15) is 0 Å². The number of hydrogen-bond acceptors (Lipinski definition) is 4. The minimum absolute atomic E-state index is 0.118. The topological polar surface area (TPSA) is 38.8 Å². The molecular formula is C18H27NO3S. The van der Waals surface area contributed by atoms with E-state index in [2.05, 4.69) is 19.9 Å². The van der Waals surface area contributed by atoms with Crippen molar-refractivity contribution < 1.29 is 14.3 Å². The molecule has 0 aromatic carbocycles. The van der Waals surface area contributed by atoms with E-state index in [4.69, 9.17) is 9.47 Å². The van der Waals surface area contributed by atoms with Crippen molar-refractivity contribution in [2.45, 2.75) is 71.1 Å². The first-order chi connectivity index (χ1) is 10.7. The molecular weight excluding hydrogens is 310 g/mol. The van der Waals surface area contributed by atoms with Crippen LogP contribution in [0.3, 0.4) is 0 Å². The fourth-order valence-electron chi connectivity index (χ4n) is 3.70. The molecule has 5 heteroatoms. The van der Waals surface area contributed by atoms with Crippen molar-refractivity contribution in [2.24, 2.45) is 0 Å². The molecule has 0 radical (unpaired) electrons. The summed E-state index contributed by atoms with van der Waals surface area (Å²) in [6.07, 6.45) is 2.49. The molecule has 2 aliphatic heterocycles. The Morgan fingerprint density at radius 1 is 1.48 bits per heavy atom. The van der Waals surface area contributed by atoms with Gasteiger partial charge >= 0.3 is 6.09 Å². The Bertz CT molecular complexity index is 604. The second-order valence-corrected chi connectivity index (χ2v) is 9.04. The van der Waals surface area contributed by atoms with Crippen LogP contribution in [0.2, 0.25) is 0 Å². The van der Waals surface area contributed by atoms with Gasteiger partial charge < -0.3 is 14.4 Å². The molecule has 3 heterocycles. The summed E-state index contributed by atoms with van der Waals surface area (Å²) in [7, 11) is 0. The molecule has 3 rings (SSSR count). The number of likely N-dealkylation sites (tertiary alicyclic amines) is 1. The van der Waals surface area contributed by atoms with Crippen LogP contribution < -0.4 is 0 Å². The molecule has 1 spiro atoms. The van der Waals surface area contributed by atoms with E-state index >= 15 is 0 Å². The van der Waals surface area contributed by atoms with Crippen LogP contribution in [-0.4, -0.2) is 35.8 Å². The number of ether oxygens (including phenoxy) is 2. The number of nitrogens with zero attached hydrogens (tertiary/aromatic N) is 1. The third-order valence-corrected chi connectivity index (χ3v) is 5.92. The zero-order valence-corrected chi connectivity index (χ0v) is 15.6. The molecule has 128 valence electrons. The highest BCUT2D eigenvalue weighted by Crippen LogP contribution is 2.46. The van der Waals surface area contributed by atoms with Crippen LogP contribution >= 0.6 is 11.3 Å². The van der Waals surface area contributed by atoms with Crippen molar-refractivity contribution in [3.63, 3.8) is 0 Å². The van der Waals surface area contributed by atoms with E-state index in [-0.39, 0.29) is 17.7 Å². The average molecular weight is 337 g/mol. The first kappa shape index (κ1) is 16.8. The quantitative estimate of drug-likeness (QED) is 0.710. The standard InChI is InChI=1S/C18H27NO3S/c1-12-11-18(7-8-19(12)16(20)22-17(3,4)5)15-14(6-9-21-18)10-13(2)23-15/h10,12H,6-9,11H2,1-5H3/t12-,18?/m0/s1. The van der Waals surface area contributed by atoms with E-state index in [1.807, 2.05) is 37.0 Å². The molecule has 0 bridgehead atoms. The molecule has 4 nitrogen and oxygen atoms in total. The largest absolute Gasteiger partial charge is 0.444 e. The number of aryl methyl sites for hydroxylation is 1. The lowest BCUT2D eigenvalue weighted by molar-refractivity contribution is -0.108. The molecule has 23 heavy (non-hydrogen) atoms. The van der Waals surface area contributed by atoms with Crippen LogP contribution in [0.15, 0.2) is 6.07 Å². The fraction of sp³-hybridized carbons (Fsp3) is 0.722. The lowest BCUT2D eigenvalue weighted by atomic mass is 9.82. The van der Waals surface area contributed by atoms with Crippen LogP contribution in [0.5, 0.6) is 0 Å². The maximum atomic E-state index is 12.4. The normalized spacial score (nSPS) is 27.9. The highest BCUT2D eigenvalue weighted by atomic mass is 32.1. The third kappa shape index (κ3) is 3.26. The van der Waals surface area contributed by atoms with Crippen LogP contribution in [0, 0.1) is 6.92 Å². The second kappa shape index (κ2) is 5.78. The molecule has 1 amide bonds. The predicted molar refractivity (Wildman–Crippen MR) is 92.0 cm³/mol. The minimum Gasteiger partial charge on any atom is -0.444 e. The van der Waals surface area contributed by atoms with Crippen molar-refractivity contribution in [2.75, 3.05) is 13.2 Å². The Hall–Kier alpha value is -1.07. The molecule has 0 saturated carbocycles. The first-order valence-corrected chi connectivity index (χ1v) is 9.25. The third-order valence-electron chi connectivity index (χ3n) is 4.64. The summed E-state index contributed by atoms with van der Waals surface area (Å²) in [5.41, 5.74) is 0.784. The van der Waals surface area contributed by atoms with E-state index in [0.29, 0.717) is 6.54 Å². The Morgan fingerprint density at radius 2 is 2.22 bits per heavy atom. The summed E-state index contributed by atoms with van der Waals surface area (Å²) in [5, 5.41) is 0. The molecule has 1 aromatic heterocycles. The van der Waals surface area contributed by atoms with Crippen molar-refractivity contribution in [3.8, 4) is 0 Å². The number of amides is 1. The van der Waals surface area contributed by atoms with Crippen LogP contribution in [0.25, 0.3) is 0 Å². The Kier molecular flexibility index (Phi) is 4.21. The first-order valence-electron chi connectivity index (χ1n) is 8.44. The predicted octanol–water partition coefficient (Wildman–Crippen LogP) is 4.24. The van der Waals surface area contributed by atoms with E-state index in [1.165, 1.54) is 15.3 Å². The Morgan fingerprint density at radius 3 is 2.87 bits per heavy atom. The van der Waals surface area contributed by atoms with Gasteiger partial charge in [-0.1, -0.05) is 0 Å². The SMILES string of the molecule is Cc1cc2c(s1)C1(CCN(C(=O)OC(C)(C)C)[C@@H](C)C1)OCC2. The van der Waals surface area contributed by atoms with Gasteiger partial charge in [0.25, 0.3) is 0 Å². The zero-order chi connectivity index (χ0) is 16.8. The molecule has 2 atom stereocenters. The molecule has 2 aliphatic rings. The van der Waals surface area contributed by atoms with Gasteiger partial charge in [0, 0.05) is 28.8 Å². The molecule has 0 aliphatic carbocycles. The Labute approximate surface area is 142 Å². The average Bonchev–Trinajstić information content (AvgIpc) is 2.79. The maximum Gasteiger partial charge on any atom is 0.410 e. The van der Waals surface area contributed by atoms with Gasteiger partial charge in [0.05, 0.1) is 6.61 Å². The number of piperidine rings is 1. The highest BCUT2D eigenvalue weighted by molar-refractivity contribution is 7.12. The maximum absolute atomic E-state index is 12.4. The summed E-state index contributed by atoms with van der Waals surface area (Å²) in [6.45, 7) is 11.5. The van der Waals surface area contributed by atoms with Gasteiger partial charge in [0.2, 0.25) is 0 Å². The highest BCUT2D eigenvalue weighted by Gasteiger charge is 2.46. The second-order valence-electron chi connectivity index (χ2n) is 7.78. The van der Waals surface area contributed by atoms with E-state index < -0.39 is 5.60 Å². The molecule has 0 N–H and O–H groups in total. The molecule has 1 unspecified atom stereocenters. The lowest BCUT2D eigenvalue weighted by Gasteiger charge is -2.46. The Balaban J connectivity index is 1.78. The van der Waals surface area contributed by atoms with Crippen molar-refractivity contribution >= 4 is 17.4 Å². The summed E-state index contributed by atoms with van der Waals surface area (Å²) in [6, 6.07) is 2.42. The van der Waals surface area contributed by atoms with Gasteiger partial charge in [0.1, 0.15) is 11.2 Å². The van der Waals surface area contributed by atoms with Gasteiger partial charge in [-0.15, -0.1) is 11.3 Å². The summed E-state index contributed by atoms with van der Waals surface area (Å²) in [5.74, 6) is 0. The van der Waals surface area contributed by atoms with Crippen LogP contribution in [-0.2, 0) is 21.5 Å². The lowest BCUT2D eigenvalue weighted by Crippen LogP contribution is -2.53. The smallest absolute Gasteiger partial charge is 0.410 e. The number of carbonyl (C=O) groups is 1. The summed E-state index contributed by atoms with van der Waals surface area (Å²) in [4.78, 5) is 17.0. The van der Waals surface area contributed by atoms with E-state index in [0.717, 1.165) is 25.9 Å². The van der Waals surface area contributed by atoms with Crippen LogP contribution in [0.4, 0.5) is 4.79 Å². The van der Waals surface area contributed by atoms with E-state index in [9.17, 15) is 4.79 Å². The number of fused-ring (bicyclic) bond motifs is 2. The number of hydrogen-bond donors (Lipinski definition) is 0. The van der Waals surface area contributed by atoms with Crippen molar-refractivity contribution in [1.82, 2.24) is 4.90 Å². The van der Waals surface area contributed by atoms with Gasteiger partial charge in [0.15, 0.2) is 0 Å². The van der Waals surface area contributed by atoms with Gasteiger partial charge in [-0.25, -0.2) is 4.79 Å². The number of carbonyl (C=O) groups excluding carboxylic acids is 1. The molecule has 1 fully saturated rings. The van der Waals surface area contributed by atoms with Crippen LogP contribution in [0.1, 0.15) is 55.9 Å². The summed E-state index contributed by atoms with van der Waals surface area (Å²) >= 11 is 1.86.